The second-order valence-corrected chi connectivity index (χ2v) is 6.43. The van der Waals surface area contributed by atoms with E-state index in [4.69, 9.17) is 14.9 Å². The lowest BCUT2D eigenvalue weighted by Gasteiger charge is -2.15. The van der Waals surface area contributed by atoms with Gasteiger partial charge in [-0.15, -0.1) is 0 Å². The number of aliphatic carboxylic acids is 1. The number of hydrogen-bond donors (Lipinski definition) is 4. The average molecular weight is 405 g/mol. The third-order valence-electron chi connectivity index (χ3n) is 4.37. The molecule has 5 N–H and O–H groups in total. The number of rotatable bonds is 9. The lowest BCUT2D eigenvalue weighted by molar-refractivity contribution is -0.141. The lowest BCUT2D eigenvalue weighted by Crippen LogP contribution is -2.42. The first kappa shape index (κ1) is 21.7. The average Bonchev–Trinajstić information content (AvgIpc) is 2.64. The van der Waals surface area contributed by atoms with E-state index in [9.17, 15) is 24.3 Å². The van der Waals surface area contributed by atoms with Crippen molar-refractivity contribution >= 4 is 28.9 Å². The van der Waals surface area contributed by atoms with E-state index >= 15 is 0 Å². The second kappa shape index (κ2) is 9.58. The van der Waals surface area contributed by atoms with Crippen LogP contribution in [0.3, 0.4) is 0 Å². The van der Waals surface area contributed by atoms with Gasteiger partial charge in [-0.2, -0.15) is 0 Å². The number of carboxylic acids is 1. The lowest BCUT2D eigenvalue weighted by atomic mass is 10.0. The highest BCUT2D eigenvalue weighted by atomic mass is 16.5. The maximum absolute atomic E-state index is 12.4. The minimum absolute atomic E-state index is 0.106. The fourth-order valence-electron chi connectivity index (χ4n) is 2.97. The van der Waals surface area contributed by atoms with Gasteiger partial charge in [0.15, 0.2) is 0 Å². The van der Waals surface area contributed by atoms with Crippen LogP contribution in [0.25, 0.3) is 11.0 Å². The Morgan fingerprint density at radius 2 is 2.03 bits per heavy atom. The molecule has 0 unspecified atom stereocenters. The highest BCUT2D eigenvalue weighted by molar-refractivity contribution is 5.91. The number of urea groups is 1. The molecule has 1 aromatic heterocycles. The van der Waals surface area contributed by atoms with E-state index in [2.05, 4.69) is 10.6 Å². The summed E-state index contributed by atoms with van der Waals surface area (Å²) in [5, 5.41) is 14.7. The number of fused-ring (bicyclic) bond motifs is 1. The fraction of sp³-hybridized carbons (Fsp3) is 0.368. The number of nitrogens with one attached hydrogen (secondary N) is 2. The zero-order chi connectivity index (χ0) is 21.6. The SMILES string of the molecule is COc1ccc2c(CC(=O)N[C@@H](CCCNC(N)=O)C(=O)O)cc(=O)oc2c1C. The zero-order valence-corrected chi connectivity index (χ0v) is 16.1. The Bertz CT molecular complexity index is 984. The van der Waals surface area contributed by atoms with Gasteiger partial charge in [-0.1, -0.05) is 0 Å². The molecule has 2 aromatic rings. The number of methoxy groups -OCH3 is 1. The van der Waals surface area contributed by atoms with E-state index < -0.39 is 29.6 Å². The molecule has 0 bridgehead atoms. The first-order valence-electron chi connectivity index (χ1n) is 8.88. The van der Waals surface area contributed by atoms with Crippen LogP contribution in [-0.2, 0) is 16.0 Å². The van der Waals surface area contributed by atoms with E-state index in [1.165, 1.54) is 13.2 Å². The number of aryl methyl sites for hydroxylation is 1. The molecule has 1 atom stereocenters. The zero-order valence-electron chi connectivity index (χ0n) is 16.1. The summed E-state index contributed by atoms with van der Waals surface area (Å²) in [7, 11) is 1.49. The molecule has 3 amide bonds. The first-order valence-corrected chi connectivity index (χ1v) is 8.88. The molecule has 1 aromatic carbocycles. The standard InChI is InChI=1S/C19H23N3O7/c1-10-14(28-2)6-5-12-11(9-16(24)29-17(10)12)8-15(23)22-13(18(25)26)4-3-7-21-19(20)27/h5-6,9,13H,3-4,7-8H2,1-2H3,(H,22,23)(H,25,26)(H3,20,21,27)/t13-/m0/s1. The minimum Gasteiger partial charge on any atom is -0.496 e. The number of carboxylic acid groups (broad SMARTS) is 1. The van der Waals surface area contributed by atoms with Crippen molar-refractivity contribution in [3.63, 3.8) is 0 Å². The van der Waals surface area contributed by atoms with Gasteiger partial charge in [-0.05, 0) is 37.5 Å². The van der Waals surface area contributed by atoms with Crippen LogP contribution in [0.5, 0.6) is 5.75 Å². The maximum atomic E-state index is 12.4. The minimum atomic E-state index is -1.20. The number of ether oxygens (including phenoxy) is 1. The third kappa shape index (κ3) is 5.71. The molecule has 0 aliphatic rings. The molecule has 0 saturated heterocycles. The van der Waals surface area contributed by atoms with Gasteiger partial charge in [0.25, 0.3) is 0 Å². The summed E-state index contributed by atoms with van der Waals surface area (Å²) in [6.45, 7) is 1.93. The van der Waals surface area contributed by atoms with Crippen LogP contribution in [0.15, 0.2) is 27.4 Å². The number of carbonyl (C=O) groups excluding carboxylic acids is 2. The molecular weight excluding hydrogens is 382 g/mol. The molecule has 10 nitrogen and oxygen atoms in total. The predicted octanol–water partition coefficient (Wildman–Crippen LogP) is 0.670. The van der Waals surface area contributed by atoms with Crippen molar-refractivity contribution in [1.29, 1.82) is 0 Å². The number of carbonyl (C=O) groups is 3. The molecule has 29 heavy (non-hydrogen) atoms. The van der Waals surface area contributed by atoms with Crippen LogP contribution in [0.2, 0.25) is 0 Å². The molecule has 0 spiro atoms. The highest BCUT2D eigenvalue weighted by Crippen LogP contribution is 2.28. The Labute approximate surface area is 166 Å². The van der Waals surface area contributed by atoms with Crippen LogP contribution < -0.4 is 26.7 Å². The summed E-state index contributed by atoms with van der Waals surface area (Å²) >= 11 is 0. The summed E-state index contributed by atoms with van der Waals surface area (Å²) < 4.78 is 10.5. The summed E-state index contributed by atoms with van der Waals surface area (Å²) in [5.41, 5.74) is 5.67. The van der Waals surface area contributed by atoms with Gasteiger partial charge >= 0.3 is 17.6 Å². The van der Waals surface area contributed by atoms with E-state index in [0.29, 0.717) is 34.3 Å². The molecule has 10 heteroatoms. The van der Waals surface area contributed by atoms with Crippen molar-refractivity contribution in [3.05, 3.63) is 39.7 Å². The number of primary amides is 1. The Morgan fingerprint density at radius 3 is 2.66 bits per heavy atom. The normalized spacial score (nSPS) is 11.7. The summed E-state index contributed by atoms with van der Waals surface area (Å²) in [6.07, 6.45) is 0.226. The van der Waals surface area contributed by atoms with Gasteiger partial charge in [0.05, 0.1) is 13.5 Å². The molecular formula is C19H23N3O7. The maximum Gasteiger partial charge on any atom is 0.336 e. The summed E-state index contributed by atoms with van der Waals surface area (Å²) in [6, 6.07) is 2.75. The van der Waals surface area contributed by atoms with Gasteiger partial charge in [-0.3, -0.25) is 4.79 Å². The molecule has 156 valence electrons. The molecule has 0 saturated carbocycles. The fourth-order valence-corrected chi connectivity index (χ4v) is 2.97. The molecule has 2 rings (SSSR count). The summed E-state index contributed by atoms with van der Waals surface area (Å²) in [4.78, 5) is 46.4. The van der Waals surface area contributed by atoms with Gasteiger partial charge in [-0.25, -0.2) is 14.4 Å². The molecule has 0 fully saturated rings. The first-order chi connectivity index (χ1) is 13.7. The van der Waals surface area contributed by atoms with Crippen LogP contribution in [0.1, 0.15) is 24.0 Å². The Kier molecular flexibility index (Phi) is 7.18. The molecule has 0 aliphatic heterocycles. The molecule has 0 aliphatic carbocycles. The van der Waals surface area contributed by atoms with Gasteiger partial charge in [0.1, 0.15) is 17.4 Å². The largest absolute Gasteiger partial charge is 0.496 e. The van der Waals surface area contributed by atoms with Crippen molar-refractivity contribution in [2.75, 3.05) is 13.7 Å². The topological polar surface area (TPSA) is 161 Å². The van der Waals surface area contributed by atoms with Crippen molar-refractivity contribution in [2.24, 2.45) is 5.73 Å². The van der Waals surface area contributed by atoms with Gasteiger partial charge in [0.2, 0.25) is 5.91 Å². The Balaban J connectivity index is 2.15. The smallest absolute Gasteiger partial charge is 0.336 e. The van der Waals surface area contributed by atoms with Crippen molar-refractivity contribution < 1.29 is 28.6 Å². The second-order valence-electron chi connectivity index (χ2n) is 6.43. The summed E-state index contributed by atoms with van der Waals surface area (Å²) in [5.74, 6) is -1.21. The van der Waals surface area contributed by atoms with E-state index in [1.807, 2.05) is 0 Å². The van der Waals surface area contributed by atoms with Gasteiger partial charge < -0.3 is 30.6 Å². The molecule has 0 radical (unpaired) electrons. The number of nitrogens with two attached hydrogens (primary N) is 1. The van der Waals surface area contributed by atoms with Gasteiger partial charge in [0, 0.05) is 23.6 Å². The van der Waals surface area contributed by atoms with Crippen molar-refractivity contribution in [2.45, 2.75) is 32.2 Å². The van der Waals surface area contributed by atoms with Crippen molar-refractivity contribution in [1.82, 2.24) is 10.6 Å². The van der Waals surface area contributed by atoms with Crippen LogP contribution in [-0.4, -0.2) is 42.7 Å². The van der Waals surface area contributed by atoms with E-state index in [0.717, 1.165) is 0 Å². The quantitative estimate of drug-likeness (QED) is 0.352. The number of hydrogen-bond acceptors (Lipinski definition) is 6. The Hall–Kier alpha value is -3.56. The molecule has 1 heterocycles. The van der Waals surface area contributed by atoms with E-state index in [-0.39, 0.29) is 19.4 Å². The highest BCUT2D eigenvalue weighted by Gasteiger charge is 2.21. The number of amides is 3. The van der Waals surface area contributed by atoms with Crippen LogP contribution in [0.4, 0.5) is 4.79 Å². The monoisotopic (exact) mass is 405 g/mol. The number of benzene rings is 1. The predicted molar refractivity (Wildman–Crippen MR) is 104 cm³/mol. The van der Waals surface area contributed by atoms with E-state index in [1.54, 1.807) is 19.1 Å². The van der Waals surface area contributed by atoms with Crippen LogP contribution >= 0.6 is 0 Å². The third-order valence-corrected chi connectivity index (χ3v) is 4.37. The van der Waals surface area contributed by atoms with Crippen molar-refractivity contribution in [3.8, 4) is 5.75 Å². The van der Waals surface area contributed by atoms with Crippen LogP contribution in [0, 0.1) is 6.92 Å². The Morgan fingerprint density at radius 1 is 1.31 bits per heavy atom.